The van der Waals surface area contributed by atoms with E-state index in [0.717, 1.165) is 11.3 Å². The van der Waals surface area contributed by atoms with Gasteiger partial charge < -0.3 is 10.1 Å². The van der Waals surface area contributed by atoms with Crippen LogP contribution in [0.5, 0.6) is 0 Å². The minimum atomic E-state index is -2.94. The number of carbonyl (C=O) groups excluding carboxylic acids is 2. The highest BCUT2D eigenvalue weighted by atomic mass is 32.2. The predicted molar refractivity (Wildman–Crippen MR) is 110 cm³/mol. The number of rotatable bonds is 7. The average Bonchev–Trinajstić information content (AvgIpc) is 3.04. The number of hydrogen-bond acceptors (Lipinski definition) is 6. The van der Waals surface area contributed by atoms with Gasteiger partial charge >= 0.3 is 5.97 Å². The van der Waals surface area contributed by atoms with Gasteiger partial charge in [-0.05, 0) is 36.2 Å². The van der Waals surface area contributed by atoms with Crippen LogP contribution < -0.4 is 5.32 Å². The molecule has 6 nitrogen and oxygen atoms in total. The van der Waals surface area contributed by atoms with E-state index in [1.54, 1.807) is 24.3 Å². The van der Waals surface area contributed by atoms with Crippen LogP contribution in [0, 0.1) is 0 Å². The minimum absolute atomic E-state index is 0.0278. The fourth-order valence-corrected chi connectivity index (χ4v) is 6.20. The number of sulfone groups is 1. The summed E-state index contributed by atoms with van der Waals surface area (Å²) < 4.78 is 28.1. The van der Waals surface area contributed by atoms with Crippen molar-refractivity contribution in [2.24, 2.45) is 0 Å². The minimum Gasteiger partial charge on any atom is -0.460 e. The van der Waals surface area contributed by atoms with Gasteiger partial charge in [0, 0.05) is 16.5 Å². The summed E-state index contributed by atoms with van der Waals surface area (Å²) in [5, 5.41) is 2.78. The van der Waals surface area contributed by atoms with Crippen molar-refractivity contribution in [1.29, 1.82) is 0 Å². The van der Waals surface area contributed by atoms with Crippen molar-refractivity contribution in [3.05, 3.63) is 65.7 Å². The molecule has 0 saturated carbocycles. The van der Waals surface area contributed by atoms with Gasteiger partial charge in [0.2, 0.25) is 0 Å². The molecular weight excluding hydrogens is 398 g/mol. The number of para-hydroxylation sites is 1. The van der Waals surface area contributed by atoms with Gasteiger partial charge in [-0.2, -0.15) is 0 Å². The van der Waals surface area contributed by atoms with E-state index in [4.69, 9.17) is 4.74 Å². The molecule has 1 saturated heterocycles. The first-order valence-electron chi connectivity index (χ1n) is 8.84. The fraction of sp³-hybridized carbons (Fsp3) is 0.300. The van der Waals surface area contributed by atoms with Crippen LogP contribution in [0.4, 0.5) is 5.69 Å². The van der Waals surface area contributed by atoms with E-state index >= 15 is 0 Å². The highest BCUT2D eigenvalue weighted by molar-refractivity contribution is 8.02. The molecule has 0 unspecified atom stereocenters. The largest absolute Gasteiger partial charge is 0.460 e. The molecule has 0 bridgehead atoms. The van der Waals surface area contributed by atoms with Gasteiger partial charge in [0.15, 0.2) is 9.84 Å². The summed E-state index contributed by atoms with van der Waals surface area (Å²) in [5.74, 6) is -0.114. The third kappa shape index (κ3) is 6.10. The average molecular weight is 420 g/mol. The molecule has 1 aliphatic rings. The Labute approximate surface area is 168 Å². The van der Waals surface area contributed by atoms with Crippen molar-refractivity contribution in [3.8, 4) is 0 Å². The first-order valence-corrected chi connectivity index (χ1v) is 11.7. The molecule has 0 radical (unpaired) electrons. The quantitative estimate of drug-likeness (QED) is 0.694. The second-order valence-corrected chi connectivity index (χ2v) is 10.0. The predicted octanol–water partition coefficient (Wildman–Crippen LogP) is 2.90. The molecule has 0 aromatic heterocycles. The van der Waals surface area contributed by atoms with Crippen LogP contribution in [-0.2, 0) is 26.0 Å². The molecule has 1 amide bonds. The number of nitrogens with one attached hydrogen (secondary N) is 1. The molecule has 1 aliphatic heterocycles. The molecule has 1 N–H and O–H groups in total. The van der Waals surface area contributed by atoms with Crippen LogP contribution in [0.1, 0.15) is 22.3 Å². The maximum absolute atomic E-state index is 12.2. The molecule has 8 heteroatoms. The number of ether oxygens (including phenoxy) is 1. The van der Waals surface area contributed by atoms with E-state index in [0.29, 0.717) is 12.0 Å². The molecule has 0 aliphatic carbocycles. The zero-order chi connectivity index (χ0) is 20.0. The summed E-state index contributed by atoms with van der Waals surface area (Å²) >= 11 is 1.33. The Morgan fingerprint density at radius 2 is 1.79 bits per heavy atom. The van der Waals surface area contributed by atoms with Gasteiger partial charge in [0.05, 0.1) is 17.3 Å². The number of thioether (sulfide) groups is 1. The summed E-state index contributed by atoms with van der Waals surface area (Å²) in [4.78, 5) is 24.1. The Balaban J connectivity index is 1.42. The molecule has 0 spiro atoms. The lowest BCUT2D eigenvalue weighted by Crippen LogP contribution is -2.13. The van der Waals surface area contributed by atoms with Crippen molar-refractivity contribution >= 4 is 39.2 Å². The van der Waals surface area contributed by atoms with Crippen LogP contribution in [0.25, 0.3) is 0 Å². The molecule has 1 atom stereocenters. The Morgan fingerprint density at radius 1 is 1.07 bits per heavy atom. The van der Waals surface area contributed by atoms with E-state index in [1.807, 2.05) is 30.3 Å². The molecular formula is C20H21NO5S2. The van der Waals surface area contributed by atoms with Gasteiger partial charge in [-0.3, -0.25) is 9.59 Å². The van der Waals surface area contributed by atoms with Crippen LogP contribution in [0.2, 0.25) is 0 Å². The van der Waals surface area contributed by atoms with E-state index in [1.165, 1.54) is 11.8 Å². The molecule has 2 aromatic rings. The van der Waals surface area contributed by atoms with Gasteiger partial charge in [0.25, 0.3) is 5.91 Å². The summed E-state index contributed by atoms with van der Waals surface area (Å²) in [6, 6.07) is 16.0. The Hall–Kier alpha value is -2.32. The number of amides is 1. The Morgan fingerprint density at radius 3 is 2.43 bits per heavy atom. The lowest BCUT2D eigenvalue weighted by Gasteiger charge is -2.09. The second-order valence-electron chi connectivity index (χ2n) is 6.51. The lowest BCUT2D eigenvalue weighted by atomic mass is 10.1. The highest BCUT2D eigenvalue weighted by Crippen LogP contribution is 2.24. The number of hydrogen-bond donors (Lipinski definition) is 1. The summed E-state index contributed by atoms with van der Waals surface area (Å²) in [6.07, 6.45) is 0.590. The summed E-state index contributed by atoms with van der Waals surface area (Å²) in [5.41, 5.74) is 2.01. The number of carbonyl (C=O) groups is 2. The molecule has 1 heterocycles. The van der Waals surface area contributed by atoms with E-state index in [9.17, 15) is 18.0 Å². The standard InChI is InChI=1S/C20H21NO5S2/c22-19(13-27-18-10-11-28(24,25)14-18)26-12-15-6-8-16(9-7-15)20(23)21-17-4-2-1-3-5-17/h1-9,18H,10-14H2,(H,21,23)/t18-/m0/s1. The van der Waals surface area contributed by atoms with Crippen molar-refractivity contribution in [3.63, 3.8) is 0 Å². The molecule has 3 rings (SSSR count). The first kappa shape index (κ1) is 20.4. The van der Waals surface area contributed by atoms with E-state index < -0.39 is 9.84 Å². The van der Waals surface area contributed by atoms with Gasteiger partial charge in [-0.15, -0.1) is 11.8 Å². The molecule has 28 heavy (non-hydrogen) atoms. The fourth-order valence-electron chi connectivity index (χ4n) is 2.76. The summed E-state index contributed by atoms with van der Waals surface area (Å²) in [6.45, 7) is 0.114. The van der Waals surface area contributed by atoms with Crippen LogP contribution in [0.3, 0.4) is 0 Å². The molecule has 148 valence electrons. The maximum Gasteiger partial charge on any atom is 0.316 e. The molecule has 1 fully saturated rings. The maximum atomic E-state index is 12.2. The number of anilines is 1. The lowest BCUT2D eigenvalue weighted by molar-refractivity contribution is -0.141. The Kier molecular flexibility index (Phi) is 6.74. The topological polar surface area (TPSA) is 89.5 Å². The SMILES string of the molecule is O=C(CS[C@H]1CCS(=O)(=O)C1)OCc1ccc(C(=O)Nc2ccccc2)cc1. The van der Waals surface area contributed by atoms with Crippen molar-refractivity contribution in [1.82, 2.24) is 0 Å². The van der Waals surface area contributed by atoms with Crippen LogP contribution >= 0.6 is 11.8 Å². The van der Waals surface area contributed by atoms with Gasteiger partial charge in [-0.25, -0.2) is 8.42 Å². The molecule has 2 aromatic carbocycles. The van der Waals surface area contributed by atoms with Crippen LogP contribution in [0.15, 0.2) is 54.6 Å². The van der Waals surface area contributed by atoms with Crippen LogP contribution in [-0.4, -0.2) is 42.8 Å². The van der Waals surface area contributed by atoms with Gasteiger partial charge in [-0.1, -0.05) is 30.3 Å². The van der Waals surface area contributed by atoms with E-state index in [-0.39, 0.29) is 41.0 Å². The van der Waals surface area contributed by atoms with Crippen molar-refractivity contribution < 1.29 is 22.7 Å². The Bertz CT molecular complexity index is 927. The third-order valence-corrected chi connectivity index (χ3v) is 7.53. The van der Waals surface area contributed by atoms with Gasteiger partial charge in [0.1, 0.15) is 6.61 Å². The van der Waals surface area contributed by atoms with Crippen molar-refractivity contribution in [2.45, 2.75) is 18.3 Å². The summed E-state index contributed by atoms with van der Waals surface area (Å²) in [7, 11) is -2.94. The van der Waals surface area contributed by atoms with Crippen molar-refractivity contribution in [2.75, 3.05) is 22.6 Å². The van der Waals surface area contributed by atoms with E-state index in [2.05, 4.69) is 5.32 Å². The third-order valence-electron chi connectivity index (χ3n) is 4.28. The normalized spacial score (nSPS) is 17.8. The first-order chi connectivity index (χ1) is 13.4. The second kappa shape index (κ2) is 9.25. The zero-order valence-corrected chi connectivity index (χ0v) is 16.8. The zero-order valence-electron chi connectivity index (χ0n) is 15.2. The highest BCUT2D eigenvalue weighted by Gasteiger charge is 2.28. The monoisotopic (exact) mass is 419 g/mol. The smallest absolute Gasteiger partial charge is 0.316 e. The number of benzene rings is 2. The number of esters is 1.